The maximum atomic E-state index is 6.31. The van der Waals surface area contributed by atoms with E-state index in [1.807, 2.05) is 36.5 Å². The summed E-state index contributed by atoms with van der Waals surface area (Å²) in [6, 6.07) is 11.7. The topological polar surface area (TPSA) is 37.8 Å². The summed E-state index contributed by atoms with van der Waals surface area (Å²) in [5.74, 6) is 0. The van der Waals surface area contributed by atoms with Crippen LogP contribution in [0.1, 0.15) is 6.92 Å². The summed E-state index contributed by atoms with van der Waals surface area (Å²) < 4.78 is 0. The molecule has 21 heavy (non-hydrogen) atoms. The van der Waals surface area contributed by atoms with Crippen molar-refractivity contribution >= 4 is 28.1 Å². The minimum Gasteiger partial charge on any atom is -0.362 e. The summed E-state index contributed by atoms with van der Waals surface area (Å²) in [5, 5.41) is 4.85. The Labute approximate surface area is 132 Å². The number of anilines is 1. The van der Waals surface area contributed by atoms with Gasteiger partial charge in [0.15, 0.2) is 5.13 Å². The molecule has 0 aliphatic rings. The van der Waals surface area contributed by atoms with Crippen molar-refractivity contribution in [1.29, 1.82) is 0 Å². The van der Waals surface area contributed by atoms with Crippen LogP contribution in [0.5, 0.6) is 0 Å². The lowest BCUT2D eigenvalue weighted by Crippen LogP contribution is -1.94. The van der Waals surface area contributed by atoms with E-state index < -0.39 is 0 Å². The zero-order valence-corrected chi connectivity index (χ0v) is 13.1. The molecule has 5 heteroatoms. The highest BCUT2D eigenvalue weighted by Crippen LogP contribution is 2.37. The second-order valence-electron chi connectivity index (χ2n) is 4.44. The van der Waals surface area contributed by atoms with Crippen molar-refractivity contribution in [2.24, 2.45) is 0 Å². The van der Waals surface area contributed by atoms with E-state index in [4.69, 9.17) is 11.6 Å². The van der Waals surface area contributed by atoms with Gasteiger partial charge in [-0.1, -0.05) is 41.1 Å². The van der Waals surface area contributed by atoms with Crippen LogP contribution in [0.3, 0.4) is 0 Å². The molecule has 0 unspecified atom stereocenters. The first-order valence-corrected chi connectivity index (χ1v) is 7.89. The number of rotatable bonds is 4. The Morgan fingerprint density at radius 2 is 1.90 bits per heavy atom. The van der Waals surface area contributed by atoms with E-state index >= 15 is 0 Å². The molecular weight excluding hydrogens is 302 g/mol. The molecule has 0 saturated carbocycles. The Morgan fingerprint density at radius 3 is 2.71 bits per heavy atom. The van der Waals surface area contributed by atoms with Gasteiger partial charge in [0.1, 0.15) is 0 Å². The first kappa shape index (κ1) is 14.0. The molecular formula is C16H14ClN3S. The Bertz CT molecular complexity index is 755. The molecule has 3 aromatic rings. The third kappa shape index (κ3) is 2.91. The Kier molecular flexibility index (Phi) is 4.18. The Morgan fingerprint density at radius 1 is 1.10 bits per heavy atom. The van der Waals surface area contributed by atoms with Gasteiger partial charge in [-0.2, -0.15) is 0 Å². The van der Waals surface area contributed by atoms with Crippen LogP contribution in [0.25, 0.3) is 21.7 Å². The number of benzene rings is 1. The van der Waals surface area contributed by atoms with Crippen molar-refractivity contribution in [3.63, 3.8) is 0 Å². The maximum absolute atomic E-state index is 6.31. The van der Waals surface area contributed by atoms with Crippen LogP contribution in [0.15, 0.2) is 48.8 Å². The standard InChI is InChI=1S/C16H14ClN3S/c1-2-18-16-20-10-14(21-16)12-7-5-9-19-15(12)11-6-3-4-8-13(11)17/h3-10H,2H2,1H3,(H,18,20). The fourth-order valence-electron chi connectivity index (χ4n) is 2.10. The van der Waals surface area contributed by atoms with Gasteiger partial charge in [0.05, 0.1) is 10.6 Å². The zero-order valence-electron chi connectivity index (χ0n) is 11.5. The molecule has 0 amide bonds. The molecule has 1 N–H and O–H groups in total. The second-order valence-corrected chi connectivity index (χ2v) is 5.88. The van der Waals surface area contributed by atoms with Crippen molar-refractivity contribution in [1.82, 2.24) is 9.97 Å². The third-order valence-electron chi connectivity index (χ3n) is 3.04. The lowest BCUT2D eigenvalue weighted by Gasteiger charge is -2.08. The lowest BCUT2D eigenvalue weighted by atomic mass is 10.1. The molecule has 3 nitrogen and oxygen atoms in total. The molecule has 0 fully saturated rings. The molecule has 0 aliphatic heterocycles. The smallest absolute Gasteiger partial charge is 0.183 e. The summed E-state index contributed by atoms with van der Waals surface area (Å²) in [6.07, 6.45) is 3.66. The van der Waals surface area contributed by atoms with Crippen molar-refractivity contribution in [2.75, 3.05) is 11.9 Å². The molecule has 0 saturated heterocycles. The van der Waals surface area contributed by atoms with E-state index in [2.05, 4.69) is 28.3 Å². The molecule has 2 aromatic heterocycles. The molecule has 0 bridgehead atoms. The number of aromatic nitrogens is 2. The van der Waals surface area contributed by atoms with Gasteiger partial charge in [-0.25, -0.2) is 4.98 Å². The van der Waals surface area contributed by atoms with Gasteiger partial charge in [-0.05, 0) is 25.1 Å². The fourth-order valence-corrected chi connectivity index (χ4v) is 3.24. The highest BCUT2D eigenvalue weighted by molar-refractivity contribution is 7.18. The minimum atomic E-state index is 0.703. The number of halogens is 1. The van der Waals surface area contributed by atoms with Gasteiger partial charge in [-0.3, -0.25) is 4.98 Å². The van der Waals surface area contributed by atoms with Crippen molar-refractivity contribution in [2.45, 2.75) is 6.92 Å². The second kappa shape index (κ2) is 6.24. The van der Waals surface area contributed by atoms with E-state index in [9.17, 15) is 0 Å². The van der Waals surface area contributed by atoms with Gasteiger partial charge in [0.2, 0.25) is 0 Å². The quantitative estimate of drug-likeness (QED) is 0.739. The van der Waals surface area contributed by atoms with Gasteiger partial charge >= 0.3 is 0 Å². The Balaban J connectivity index is 2.09. The summed E-state index contributed by atoms with van der Waals surface area (Å²) in [7, 11) is 0. The van der Waals surface area contributed by atoms with Crippen LogP contribution in [-0.4, -0.2) is 16.5 Å². The molecule has 2 heterocycles. The predicted octanol–water partition coefficient (Wildman–Crippen LogP) is 4.96. The molecule has 0 aliphatic carbocycles. The van der Waals surface area contributed by atoms with Gasteiger partial charge in [-0.15, -0.1) is 0 Å². The highest BCUT2D eigenvalue weighted by Gasteiger charge is 2.13. The van der Waals surface area contributed by atoms with Crippen LogP contribution in [0, 0.1) is 0 Å². The van der Waals surface area contributed by atoms with Crippen LogP contribution in [0.4, 0.5) is 5.13 Å². The van der Waals surface area contributed by atoms with E-state index in [-0.39, 0.29) is 0 Å². The average Bonchev–Trinajstić information content (AvgIpc) is 2.97. The van der Waals surface area contributed by atoms with Crippen molar-refractivity contribution < 1.29 is 0 Å². The van der Waals surface area contributed by atoms with Crippen molar-refractivity contribution in [3.8, 4) is 21.7 Å². The highest BCUT2D eigenvalue weighted by atomic mass is 35.5. The lowest BCUT2D eigenvalue weighted by molar-refractivity contribution is 1.19. The molecule has 1 aromatic carbocycles. The largest absolute Gasteiger partial charge is 0.362 e. The normalized spacial score (nSPS) is 10.6. The summed E-state index contributed by atoms with van der Waals surface area (Å²) in [4.78, 5) is 9.98. The maximum Gasteiger partial charge on any atom is 0.183 e. The number of nitrogens with zero attached hydrogens (tertiary/aromatic N) is 2. The SMILES string of the molecule is CCNc1ncc(-c2cccnc2-c2ccccc2Cl)s1. The molecule has 0 spiro atoms. The summed E-state index contributed by atoms with van der Waals surface area (Å²) in [6.45, 7) is 2.91. The van der Waals surface area contributed by atoms with Crippen LogP contribution in [-0.2, 0) is 0 Å². The van der Waals surface area contributed by atoms with Crippen molar-refractivity contribution in [3.05, 3.63) is 53.8 Å². The predicted molar refractivity (Wildman–Crippen MR) is 90.0 cm³/mol. The molecule has 106 valence electrons. The number of pyridine rings is 1. The van der Waals surface area contributed by atoms with Gasteiger partial charge in [0.25, 0.3) is 0 Å². The number of nitrogens with one attached hydrogen (secondary N) is 1. The van der Waals surface area contributed by atoms with Crippen LogP contribution >= 0.6 is 22.9 Å². The summed E-state index contributed by atoms with van der Waals surface area (Å²) >= 11 is 7.93. The zero-order chi connectivity index (χ0) is 14.7. The van der Waals surface area contributed by atoms with Crippen LogP contribution < -0.4 is 5.32 Å². The molecule has 0 radical (unpaired) electrons. The average molecular weight is 316 g/mol. The first-order chi connectivity index (χ1) is 10.3. The Hall–Kier alpha value is -1.91. The van der Waals surface area contributed by atoms with E-state index in [0.29, 0.717) is 5.02 Å². The van der Waals surface area contributed by atoms with E-state index in [1.54, 1.807) is 17.5 Å². The van der Waals surface area contributed by atoms with E-state index in [1.165, 1.54) is 0 Å². The fraction of sp³-hybridized carbons (Fsp3) is 0.125. The van der Waals surface area contributed by atoms with Gasteiger partial charge in [0, 0.05) is 35.1 Å². The number of hydrogen-bond donors (Lipinski definition) is 1. The third-order valence-corrected chi connectivity index (χ3v) is 4.35. The molecule has 0 atom stereocenters. The van der Waals surface area contributed by atoms with Gasteiger partial charge < -0.3 is 5.32 Å². The number of thiazole rings is 1. The minimum absolute atomic E-state index is 0.703. The van der Waals surface area contributed by atoms with Crippen LogP contribution in [0.2, 0.25) is 5.02 Å². The monoisotopic (exact) mass is 315 g/mol. The van der Waals surface area contributed by atoms with E-state index in [0.717, 1.165) is 33.4 Å². The number of hydrogen-bond acceptors (Lipinski definition) is 4. The first-order valence-electron chi connectivity index (χ1n) is 6.69. The summed E-state index contributed by atoms with van der Waals surface area (Å²) in [5.41, 5.74) is 2.87. The molecule has 3 rings (SSSR count).